The molecule has 7 aromatic carbocycles. The van der Waals surface area contributed by atoms with Crippen molar-refractivity contribution in [2.75, 3.05) is 20.8 Å². The summed E-state index contributed by atoms with van der Waals surface area (Å²) >= 11 is 0. The molecule has 7 aromatic rings. The van der Waals surface area contributed by atoms with Gasteiger partial charge in [-0.05, 0) is 38.9 Å². The normalized spacial score (nSPS) is 26.7. The van der Waals surface area contributed by atoms with Crippen molar-refractivity contribution in [1.82, 2.24) is 5.06 Å². The molecule has 12 heteroatoms. The Labute approximate surface area is 447 Å². The van der Waals surface area contributed by atoms with Gasteiger partial charge in [-0.3, -0.25) is 4.84 Å². The van der Waals surface area contributed by atoms with Crippen LogP contribution in [-0.4, -0.2) is 92.8 Å². The zero-order valence-corrected chi connectivity index (χ0v) is 43.3. The first kappa shape index (κ1) is 53.5. The summed E-state index contributed by atoms with van der Waals surface area (Å²) in [6.45, 7) is 2.20. The molecule has 10 rings (SSSR count). The summed E-state index contributed by atoms with van der Waals surface area (Å²) < 4.78 is 70.0. The SMILES string of the molecule is CO[C@H]1O[C@H]([C@H]2C[C@]3(O[C@H](COCc4ccccc4)[C@H](OCc4ccccc4)[C@H](OCc4ccccc4)[C@H]3OCc3ccccc3)ON2C)[C@@H](OCc2ccccc2)[C@H](OCc2ccccc2)[C@H]1OCc1ccccc1. The molecule has 0 unspecified atom stereocenters. The fraction of sp³-hybridized carbons (Fsp3) is 0.344. The minimum Gasteiger partial charge on any atom is -0.374 e. The number of ether oxygens (including phenoxy) is 10. The van der Waals surface area contributed by atoms with Gasteiger partial charge in [0, 0.05) is 20.6 Å². The highest BCUT2D eigenvalue weighted by atomic mass is 16.8. The Kier molecular flexibility index (Phi) is 18.9. The second-order valence-electron chi connectivity index (χ2n) is 19.6. The molecule has 11 atom stereocenters. The Hall–Kier alpha value is -5.94. The lowest BCUT2D eigenvalue weighted by Gasteiger charge is -2.50. The predicted molar refractivity (Wildman–Crippen MR) is 287 cm³/mol. The van der Waals surface area contributed by atoms with Crippen molar-refractivity contribution in [3.63, 3.8) is 0 Å². The maximum Gasteiger partial charge on any atom is 0.219 e. The molecule has 0 aromatic heterocycles. The highest BCUT2D eigenvalue weighted by Crippen LogP contribution is 2.48. The van der Waals surface area contributed by atoms with Gasteiger partial charge in [-0.25, -0.2) is 0 Å². The molecule has 0 bridgehead atoms. The average molecular weight is 1030 g/mol. The van der Waals surface area contributed by atoms with Crippen LogP contribution in [0.2, 0.25) is 0 Å². The highest BCUT2D eigenvalue weighted by Gasteiger charge is 2.65. The third-order valence-electron chi connectivity index (χ3n) is 14.3. The third-order valence-corrected chi connectivity index (χ3v) is 14.3. The molecule has 12 nitrogen and oxygen atoms in total. The van der Waals surface area contributed by atoms with Crippen molar-refractivity contribution >= 4 is 0 Å². The molecular weight excluding hydrogens is 959 g/mol. The number of rotatable bonds is 24. The maximum atomic E-state index is 7.50. The first-order valence-electron chi connectivity index (χ1n) is 26.3. The summed E-state index contributed by atoms with van der Waals surface area (Å²) in [6.07, 6.45) is -6.41. The fourth-order valence-corrected chi connectivity index (χ4v) is 10.4. The van der Waals surface area contributed by atoms with Crippen LogP contribution in [0.3, 0.4) is 0 Å². The number of hydrogen-bond donors (Lipinski definition) is 0. The van der Waals surface area contributed by atoms with E-state index in [-0.39, 0.29) is 32.8 Å². The second kappa shape index (κ2) is 26.9. The molecule has 3 aliphatic rings. The lowest BCUT2D eigenvalue weighted by molar-refractivity contribution is -0.405. The summed E-state index contributed by atoms with van der Waals surface area (Å²) in [4.78, 5) is 7.27. The molecule has 3 aliphatic heterocycles. The Morgan fingerprint density at radius 3 is 1.20 bits per heavy atom. The van der Waals surface area contributed by atoms with Crippen molar-refractivity contribution in [2.24, 2.45) is 0 Å². The van der Waals surface area contributed by atoms with Gasteiger partial charge in [0.25, 0.3) is 0 Å². The Bertz CT molecular complexity index is 2730. The van der Waals surface area contributed by atoms with Crippen LogP contribution in [0.4, 0.5) is 0 Å². The molecule has 0 radical (unpaired) electrons. The summed E-state index contributed by atoms with van der Waals surface area (Å²) in [5, 5.41) is 1.83. The van der Waals surface area contributed by atoms with E-state index in [0.29, 0.717) is 26.4 Å². The monoisotopic (exact) mass is 1030 g/mol. The van der Waals surface area contributed by atoms with Gasteiger partial charge in [0.2, 0.25) is 5.79 Å². The zero-order valence-electron chi connectivity index (χ0n) is 43.3. The van der Waals surface area contributed by atoms with Crippen LogP contribution in [-0.2, 0) is 98.5 Å². The fourth-order valence-electron chi connectivity index (χ4n) is 10.4. The van der Waals surface area contributed by atoms with E-state index in [1.165, 1.54) is 0 Å². The van der Waals surface area contributed by atoms with E-state index in [9.17, 15) is 0 Å². The average Bonchev–Trinajstić information content (AvgIpc) is 3.95. The number of likely N-dealkylation sites (N-methyl/N-ethyl adjacent to an activating group) is 1. The molecule has 76 heavy (non-hydrogen) atoms. The third kappa shape index (κ3) is 13.8. The van der Waals surface area contributed by atoms with Crippen molar-refractivity contribution < 1.29 is 52.2 Å². The van der Waals surface area contributed by atoms with Gasteiger partial charge in [-0.1, -0.05) is 212 Å². The minimum atomic E-state index is -1.47. The first-order chi connectivity index (χ1) is 37.5. The van der Waals surface area contributed by atoms with Crippen molar-refractivity contribution in [3.8, 4) is 0 Å². The van der Waals surface area contributed by atoms with Gasteiger partial charge in [-0.15, -0.1) is 0 Å². The van der Waals surface area contributed by atoms with Gasteiger partial charge in [0.05, 0.1) is 58.9 Å². The van der Waals surface area contributed by atoms with Crippen LogP contribution in [0.15, 0.2) is 212 Å². The molecule has 3 saturated heterocycles. The van der Waals surface area contributed by atoms with Crippen LogP contribution in [0, 0.1) is 0 Å². The summed E-state index contributed by atoms with van der Waals surface area (Å²) in [5.74, 6) is -1.47. The topological polar surface area (TPSA) is 105 Å². The molecule has 0 saturated carbocycles. The van der Waals surface area contributed by atoms with Crippen LogP contribution in [0.5, 0.6) is 0 Å². The second-order valence-corrected chi connectivity index (χ2v) is 19.6. The standard InChI is InChI=1S/C64H69NO11/c1-65-54(56-58(69-41-49-28-14-5-15-29-49)59(70-42-50-30-16-6-17-31-50)61(63(66-2)74-56)72-44-52-34-20-8-21-35-52)38-64(76-65)62(73-45-53-36-22-9-23-37-53)60(71-43-51-32-18-7-19-33-51)57(68-40-48-26-12-4-13-27-48)55(75-64)46-67-39-47-24-10-3-11-25-47/h3-37,54-63H,38-46H2,1-2H3/t54-,55-,56-,57+,58-,59+,60+,61-,62-,63+,64+/m1/s1. The van der Waals surface area contributed by atoms with Crippen molar-refractivity contribution in [2.45, 2.75) is 120 Å². The van der Waals surface area contributed by atoms with Gasteiger partial charge < -0.3 is 47.4 Å². The first-order valence-corrected chi connectivity index (χ1v) is 26.3. The smallest absolute Gasteiger partial charge is 0.219 e. The van der Waals surface area contributed by atoms with E-state index in [1.807, 2.05) is 176 Å². The van der Waals surface area contributed by atoms with Crippen LogP contribution >= 0.6 is 0 Å². The maximum absolute atomic E-state index is 7.50. The van der Waals surface area contributed by atoms with Gasteiger partial charge in [0.15, 0.2) is 6.29 Å². The number of nitrogens with zero attached hydrogens (tertiary/aromatic N) is 1. The van der Waals surface area contributed by atoms with Crippen molar-refractivity contribution in [3.05, 3.63) is 251 Å². The van der Waals surface area contributed by atoms with Crippen LogP contribution in [0.25, 0.3) is 0 Å². The Balaban J connectivity index is 1.04. The van der Waals surface area contributed by atoms with Gasteiger partial charge >= 0.3 is 0 Å². The van der Waals surface area contributed by atoms with E-state index in [1.54, 1.807) is 7.11 Å². The van der Waals surface area contributed by atoms with E-state index in [0.717, 1.165) is 38.9 Å². The molecule has 0 aliphatic carbocycles. The predicted octanol–water partition coefficient (Wildman–Crippen LogP) is 10.8. The van der Waals surface area contributed by atoms with Crippen LogP contribution in [0.1, 0.15) is 45.4 Å². The zero-order chi connectivity index (χ0) is 51.8. The number of hydrogen-bond acceptors (Lipinski definition) is 12. The largest absolute Gasteiger partial charge is 0.374 e. The Morgan fingerprint density at radius 2 is 0.776 bits per heavy atom. The van der Waals surface area contributed by atoms with E-state index in [2.05, 4.69) is 48.5 Å². The minimum absolute atomic E-state index is 0.161. The quantitative estimate of drug-likeness (QED) is 0.0576. The molecular formula is C64H69NO11. The lowest BCUT2D eigenvalue weighted by Crippen LogP contribution is -2.67. The van der Waals surface area contributed by atoms with Crippen LogP contribution < -0.4 is 0 Å². The number of methoxy groups -OCH3 is 1. The van der Waals surface area contributed by atoms with Crippen molar-refractivity contribution in [1.29, 1.82) is 0 Å². The van der Waals surface area contributed by atoms with E-state index >= 15 is 0 Å². The lowest BCUT2D eigenvalue weighted by atomic mass is 9.85. The van der Waals surface area contributed by atoms with E-state index < -0.39 is 67.0 Å². The highest BCUT2D eigenvalue weighted by molar-refractivity contribution is 5.20. The molecule has 396 valence electrons. The number of benzene rings is 7. The molecule has 1 spiro atoms. The molecule has 3 heterocycles. The Morgan fingerprint density at radius 1 is 0.421 bits per heavy atom. The summed E-state index contributed by atoms with van der Waals surface area (Å²) in [6, 6.07) is 70.3. The molecule has 3 fully saturated rings. The molecule has 0 N–H and O–H groups in total. The molecule has 0 amide bonds. The summed E-state index contributed by atoms with van der Waals surface area (Å²) in [5.41, 5.74) is 7.01. The van der Waals surface area contributed by atoms with Gasteiger partial charge in [0.1, 0.15) is 48.8 Å². The summed E-state index contributed by atoms with van der Waals surface area (Å²) in [7, 11) is 3.55. The van der Waals surface area contributed by atoms with E-state index in [4.69, 9.17) is 52.2 Å². The van der Waals surface area contributed by atoms with Gasteiger partial charge in [-0.2, -0.15) is 5.06 Å². The number of hydroxylamine groups is 2.